The molecule has 0 saturated heterocycles. The van der Waals surface area contributed by atoms with Gasteiger partial charge in [-0.25, -0.2) is 0 Å². The molecule has 0 spiro atoms. The highest BCUT2D eigenvalue weighted by molar-refractivity contribution is 7.80. The molecular weight excluding hydrogens is 268 g/mol. The molecule has 1 heterocycles. The quantitative estimate of drug-likeness (QED) is 0.541. The summed E-state index contributed by atoms with van der Waals surface area (Å²) in [5.41, 5.74) is 8.89. The van der Waals surface area contributed by atoms with E-state index in [0.717, 1.165) is 48.4 Å². The summed E-state index contributed by atoms with van der Waals surface area (Å²) >= 11 is 5.20. The maximum atomic E-state index is 5.89. The van der Waals surface area contributed by atoms with Crippen molar-refractivity contribution >= 4 is 23.0 Å². The zero-order valence-corrected chi connectivity index (χ0v) is 13.6. The molecule has 5 heteroatoms. The van der Waals surface area contributed by atoms with Gasteiger partial charge in [0.2, 0.25) is 0 Å². The van der Waals surface area contributed by atoms with Gasteiger partial charge in [-0.1, -0.05) is 52.3 Å². The van der Waals surface area contributed by atoms with Gasteiger partial charge in [-0.2, -0.15) is 5.10 Å². The number of aryl methyl sites for hydroxylation is 1. The molecule has 3 N–H and O–H groups in total. The minimum absolute atomic E-state index is 0.405. The van der Waals surface area contributed by atoms with Gasteiger partial charge >= 0.3 is 0 Å². The standard InChI is InChI=1S/C15H26N4S/c1-4-7-8-9-10-17-15-13(14(16)20)11(5-2)12(6-3)18-19-15/h4-10H2,1-3H3,(H2,16,20)(H,17,19). The molecule has 0 atom stereocenters. The van der Waals surface area contributed by atoms with E-state index in [4.69, 9.17) is 18.0 Å². The third kappa shape index (κ3) is 4.40. The second-order valence-corrected chi connectivity index (χ2v) is 5.35. The van der Waals surface area contributed by atoms with E-state index in [-0.39, 0.29) is 0 Å². The minimum Gasteiger partial charge on any atom is -0.389 e. The molecule has 0 aliphatic heterocycles. The Balaban J connectivity index is 2.87. The first kappa shape index (κ1) is 16.8. The van der Waals surface area contributed by atoms with E-state index in [0.29, 0.717) is 4.99 Å². The molecule has 0 amide bonds. The molecule has 20 heavy (non-hydrogen) atoms. The van der Waals surface area contributed by atoms with Crippen LogP contribution in [-0.4, -0.2) is 21.7 Å². The zero-order valence-electron chi connectivity index (χ0n) is 12.8. The number of nitrogens with one attached hydrogen (secondary N) is 1. The second-order valence-electron chi connectivity index (χ2n) is 4.91. The van der Waals surface area contributed by atoms with Crippen molar-refractivity contribution in [3.63, 3.8) is 0 Å². The van der Waals surface area contributed by atoms with E-state index < -0.39 is 0 Å². The maximum Gasteiger partial charge on any atom is 0.159 e. The highest BCUT2D eigenvalue weighted by Gasteiger charge is 2.16. The third-order valence-corrected chi connectivity index (χ3v) is 3.62. The maximum absolute atomic E-state index is 5.89. The first-order valence-electron chi connectivity index (χ1n) is 7.57. The Morgan fingerprint density at radius 2 is 1.85 bits per heavy atom. The Bertz CT molecular complexity index is 446. The fraction of sp³-hybridized carbons (Fsp3) is 0.667. The number of anilines is 1. The molecule has 0 aliphatic rings. The molecule has 0 saturated carbocycles. The summed E-state index contributed by atoms with van der Waals surface area (Å²) in [5.74, 6) is 0.739. The summed E-state index contributed by atoms with van der Waals surface area (Å²) < 4.78 is 0. The van der Waals surface area contributed by atoms with E-state index in [1.54, 1.807) is 0 Å². The number of hydrogen-bond acceptors (Lipinski definition) is 4. The lowest BCUT2D eigenvalue weighted by Gasteiger charge is -2.15. The minimum atomic E-state index is 0.405. The van der Waals surface area contributed by atoms with E-state index in [9.17, 15) is 0 Å². The Hall–Kier alpha value is -1.23. The van der Waals surface area contributed by atoms with Gasteiger partial charge < -0.3 is 11.1 Å². The predicted molar refractivity (Wildman–Crippen MR) is 89.3 cm³/mol. The largest absolute Gasteiger partial charge is 0.389 e. The van der Waals surface area contributed by atoms with Crippen LogP contribution in [0.4, 0.5) is 5.82 Å². The van der Waals surface area contributed by atoms with Crippen LogP contribution in [0.1, 0.15) is 63.3 Å². The molecule has 0 bridgehead atoms. The van der Waals surface area contributed by atoms with E-state index in [1.807, 2.05) is 0 Å². The van der Waals surface area contributed by atoms with Crippen molar-refractivity contribution in [1.82, 2.24) is 10.2 Å². The van der Waals surface area contributed by atoms with Crippen LogP contribution in [0.5, 0.6) is 0 Å². The van der Waals surface area contributed by atoms with Gasteiger partial charge in [0.15, 0.2) is 5.82 Å². The Labute approximate surface area is 127 Å². The number of nitrogens with zero attached hydrogens (tertiary/aromatic N) is 2. The number of thiocarbonyl (C=S) groups is 1. The van der Waals surface area contributed by atoms with Gasteiger partial charge in [-0.3, -0.25) is 0 Å². The van der Waals surface area contributed by atoms with Crippen molar-refractivity contribution in [2.75, 3.05) is 11.9 Å². The van der Waals surface area contributed by atoms with Crippen LogP contribution in [0.2, 0.25) is 0 Å². The number of aromatic nitrogens is 2. The van der Waals surface area contributed by atoms with Crippen LogP contribution < -0.4 is 11.1 Å². The van der Waals surface area contributed by atoms with Crippen LogP contribution in [0.25, 0.3) is 0 Å². The van der Waals surface area contributed by atoms with E-state index >= 15 is 0 Å². The Morgan fingerprint density at radius 3 is 2.40 bits per heavy atom. The Kier molecular flexibility index (Phi) is 7.44. The number of rotatable bonds is 9. The van der Waals surface area contributed by atoms with Crippen LogP contribution in [-0.2, 0) is 12.8 Å². The second kappa shape index (κ2) is 8.84. The number of nitrogens with two attached hydrogens (primary N) is 1. The fourth-order valence-electron chi connectivity index (χ4n) is 2.32. The van der Waals surface area contributed by atoms with Gasteiger partial charge in [0, 0.05) is 6.54 Å². The third-order valence-electron chi connectivity index (χ3n) is 3.42. The monoisotopic (exact) mass is 294 g/mol. The van der Waals surface area contributed by atoms with Crippen LogP contribution >= 0.6 is 12.2 Å². The molecule has 1 rings (SSSR count). The molecule has 0 unspecified atom stereocenters. The van der Waals surface area contributed by atoms with Crippen molar-refractivity contribution in [2.24, 2.45) is 5.73 Å². The first-order valence-corrected chi connectivity index (χ1v) is 7.98. The molecular formula is C15H26N4S. The predicted octanol–water partition coefficient (Wildman–Crippen LogP) is 3.23. The van der Waals surface area contributed by atoms with Gasteiger partial charge in [-0.05, 0) is 24.8 Å². The van der Waals surface area contributed by atoms with Crippen molar-refractivity contribution in [3.8, 4) is 0 Å². The van der Waals surface area contributed by atoms with Crippen molar-refractivity contribution in [1.29, 1.82) is 0 Å². The fourth-order valence-corrected chi connectivity index (χ4v) is 2.54. The van der Waals surface area contributed by atoms with E-state index in [1.165, 1.54) is 19.3 Å². The normalized spacial score (nSPS) is 10.6. The summed E-state index contributed by atoms with van der Waals surface area (Å²) in [6.45, 7) is 7.27. The topological polar surface area (TPSA) is 63.8 Å². The molecule has 0 radical (unpaired) electrons. The average molecular weight is 294 g/mol. The van der Waals surface area contributed by atoms with Crippen molar-refractivity contribution in [2.45, 2.75) is 59.3 Å². The molecule has 112 valence electrons. The lowest BCUT2D eigenvalue weighted by Crippen LogP contribution is -2.20. The summed E-state index contributed by atoms with van der Waals surface area (Å²) in [6, 6.07) is 0. The highest BCUT2D eigenvalue weighted by Crippen LogP contribution is 2.21. The van der Waals surface area contributed by atoms with Crippen LogP contribution in [0, 0.1) is 0 Å². The van der Waals surface area contributed by atoms with Gasteiger partial charge in [0.1, 0.15) is 4.99 Å². The number of hydrogen-bond donors (Lipinski definition) is 2. The summed E-state index contributed by atoms with van der Waals surface area (Å²) in [4.78, 5) is 0.405. The number of unbranched alkanes of at least 4 members (excludes halogenated alkanes) is 3. The molecule has 0 aromatic carbocycles. The summed E-state index contributed by atoms with van der Waals surface area (Å²) in [7, 11) is 0. The lowest BCUT2D eigenvalue weighted by molar-refractivity contribution is 0.683. The zero-order chi connectivity index (χ0) is 15.0. The summed E-state index contributed by atoms with van der Waals surface area (Å²) in [5, 5.41) is 11.9. The van der Waals surface area contributed by atoms with Crippen molar-refractivity contribution < 1.29 is 0 Å². The molecule has 0 fully saturated rings. The SMILES string of the molecule is CCCCCCNc1nnc(CC)c(CC)c1C(N)=S. The molecule has 0 aliphatic carbocycles. The molecule has 1 aromatic heterocycles. The van der Waals surface area contributed by atoms with Crippen LogP contribution in [0.15, 0.2) is 0 Å². The first-order chi connectivity index (χ1) is 9.65. The summed E-state index contributed by atoms with van der Waals surface area (Å²) in [6.07, 6.45) is 6.59. The average Bonchev–Trinajstić information content (AvgIpc) is 2.45. The van der Waals surface area contributed by atoms with Crippen LogP contribution in [0.3, 0.4) is 0 Å². The Morgan fingerprint density at radius 1 is 1.10 bits per heavy atom. The van der Waals surface area contributed by atoms with Gasteiger partial charge in [0.05, 0.1) is 11.3 Å². The highest BCUT2D eigenvalue weighted by atomic mass is 32.1. The van der Waals surface area contributed by atoms with E-state index in [2.05, 4.69) is 36.3 Å². The smallest absolute Gasteiger partial charge is 0.159 e. The molecule has 4 nitrogen and oxygen atoms in total. The molecule has 1 aromatic rings. The van der Waals surface area contributed by atoms with Crippen molar-refractivity contribution in [3.05, 3.63) is 16.8 Å². The van der Waals surface area contributed by atoms with Gasteiger partial charge in [-0.15, -0.1) is 5.10 Å². The van der Waals surface area contributed by atoms with Gasteiger partial charge in [0.25, 0.3) is 0 Å². The lowest BCUT2D eigenvalue weighted by atomic mass is 10.0.